The lowest BCUT2D eigenvalue weighted by molar-refractivity contribution is -0.394. The summed E-state index contributed by atoms with van der Waals surface area (Å²) in [6, 6.07) is 3.03. The van der Waals surface area contributed by atoms with Gasteiger partial charge in [0.15, 0.2) is 0 Å². The Kier molecular flexibility index (Phi) is 4.16. The molecule has 5 rings (SSSR count). The highest BCUT2D eigenvalue weighted by Crippen LogP contribution is 2.61. The molecule has 1 atom stereocenters. The molecule has 0 unspecified atom stereocenters. The highest BCUT2D eigenvalue weighted by molar-refractivity contribution is 5.95. The van der Waals surface area contributed by atoms with Crippen LogP contribution < -0.4 is 5.32 Å². The number of nitro groups is 2. The van der Waals surface area contributed by atoms with Gasteiger partial charge in [0.1, 0.15) is 0 Å². The molecule has 0 aliphatic heterocycles. The molecule has 1 aromatic carbocycles. The molecule has 8 nitrogen and oxygen atoms in total. The molecule has 8 heteroatoms. The number of rotatable bonds is 5. The van der Waals surface area contributed by atoms with Crippen molar-refractivity contribution in [2.24, 2.45) is 23.2 Å². The summed E-state index contributed by atoms with van der Waals surface area (Å²) in [5, 5.41) is 25.1. The third-order valence-electron chi connectivity index (χ3n) is 6.94. The fourth-order valence-electron chi connectivity index (χ4n) is 6.08. The van der Waals surface area contributed by atoms with Crippen molar-refractivity contribution >= 4 is 17.3 Å². The molecule has 0 heterocycles. The second-order valence-corrected chi connectivity index (χ2v) is 8.73. The molecule has 4 aliphatic rings. The molecule has 1 amide bonds. The van der Waals surface area contributed by atoms with Crippen LogP contribution in [0, 0.1) is 43.4 Å². The minimum absolute atomic E-state index is 0.0347. The normalized spacial score (nSPS) is 32.1. The Balaban J connectivity index is 1.55. The Morgan fingerprint density at radius 3 is 1.85 bits per heavy atom. The zero-order valence-corrected chi connectivity index (χ0v) is 15.2. The lowest BCUT2D eigenvalue weighted by atomic mass is 9.48. The van der Waals surface area contributed by atoms with E-state index < -0.39 is 27.1 Å². The number of carbonyl (C=O) groups is 1. The third-order valence-corrected chi connectivity index (χ3v) is 6.94. The first-order valence-corrected chi connectivity index (χ1v) is 9.50. The SMILES string of the molecule is C[C@@H](NC(=O)c1cc([N+](=O)[O-])cc([N+](=O)[O-])c1)C12CC3CC(CC(C3)C1)C2. The lowest BCUT2D eigenvalue weighted by Crippen LogP contribution is -2.55. The van der Waals surface area contributed by atoms with Crippen molar-refractivity contribution in [1.29, 1.82) is 0 Å². The standard InChI is InChI=1S/C19H23N3O5/c1-11(19-8-12-2-13(9-19)4-14(3-12)10-19)20-18(23)15-5-16(21(24)25)7-17(6-15)22(26)27/h5-7,11-14H,2-4,8-10H2,1H3,(H,20,23)/t11-,12?,13?,14?,19?/m1/s1. The van der Waals surface area contributed by atoms with Crippen LogP contribution in [0.3, 0.4) is 0 Å². The zero-order chi connectivity index (χ0) is 19.3. The number of non-ortho nitro benzene ring substituents is 2. The summed E-state index contributed by atoms with van der Waals surface area (Å²) in [6.45, 7) is 2.01. The van der Waals surface area contributed by atoms with E-state index in [1.807, 2.05) is 6.92 Å². The van der Waals surface area contributed by atoms with Crippen LogP contribution in [0.5, 0.6) is 0 Å². The topological polar surface area (TPSA) is 115 Å². The molecule has 27 heavy (non-hydrogen) atoms. The van der Waals surface area contributed by atoms with Gasteiger partial charge in [-0.2, -0.15) is 0 Å². The Hall–Kier alpha value is -2.51. The minimum Gasteiger partial charge on any atom is -0.349 e. The monoisotopic (exact) mass is 373 g/mol. The van der Waals surface area contributed by atoms with E-state index in [1.165, 1.54) is 19.3 Å². The largest absolute Gasteiger partial charge is 0.349 e. The number of nitro benzene ring substituents is 2. The molecule has 0 spiro atoms. The van der Waals surface area contributed by atoms with E-state index in [9.17, 15) is 25.0 Å². The number of amides is 1. The molecule has 1 N–H and O–H groups in total. The van der Waals surface area contributed by atoms with Gasteiger partial charge in [-0.3, -0.25) is 25.0 Å². The predicted molar refractivity (Wildman–Crippen MR) is 97.3 cm³/mol. The van der Waals surface area contributed by atoms with E-state index in [0.29, 0.717) is 0 Å². The summed E-state index contributed by atoms with van der Waals surface area (Å²) in [5.41, 5.74) is -0.835. The van der Waals surface area contributed by atoms with Crippen LogP contribution in [-0.2, 0) is 0 Å². The van der Waals surface area contributed by atoms with Crippen LogP contribution in [0.4, 0.5) is 11.4 Å². The Labute approximate surface area is 156 Å². The van der Waals surface area contributed by atoms with Gasteiger partial charge in [-0.1, -0.05) is 0 Å². The van der Waals surface area contributed by atoms with Crippen molar-refractivity contribution in [3.8, 4) is 0 Å². The molecule has 1 aromatic rings. The molecule has 4 fully saturated rings. The van der Waals surface area contributed by atoms with Gasteiger partial charge < -0.3 is 5.32 Å². The first-order valence-electron chi connectivity index (χ1n) is 9.50. The van der Waals surface area contributed by atoms with Crippen molar-refractivity contribution in [2.75, 3.05) is 0 Å². The van der Waals surface area contributed by atoms with Gasteiger partial charge in [0.2, 0.25) is 0 Å². The van der Waals surface area contributed by atoms with Crippen molar-refractivity contribution in [3.05, 3.63) is 44.0 Å². The van der Waals surface area contributed by atoms with Crippen LogP contribution in [0.2, 0.25) is 0 Å². The fraction of sp³-hybridized carbons (Fsp3) is 0.632. The molecule has 4 bridgehead atoms. The number of hydrogen-bond acceptors (Lipinski definition) is 5. The summed E-state index contributed by atoms with van der Waals surface area (Å²) in [5.74, 6) is 1.75. The lowest BCUT2D eigenvalue weighted by Gasteiger charge is -2.59. The van der Waals surface area contributed by atoms with Gasteiger partial charge in [0.25, 0.3) is 17.3 Å². The van der Waals surface area contributed by atoms with Gasteiger partial charge in [-0.05, 0) is 68.6 Å². The number of hydrogen-bond donors (Lipinski definition) is 1. The average Bonchev–Trinajstić information content (AvgIpc) is 2.60. The van der Waals surface area contributed by atoms with E-state index in [4.69, 9.17) is 0 Å². The predicted octanol–water partition coefficient (Wildman–Crippen LogP) is 3.84. The Bertz CT molecular complexity index is 754. The van der Waals surface area contributed by atoms with Gasteiger partial charge in [0, 0.05) is 18.2 Å². The highest BCUT2D eigenvalue weighted by Gasteiger charge is 2.53. The summed E-state index contributed by atoms with van der Waals surface area (Å²) in [4.78, 5) is 33.4. The van der Waals surface area contributed by atoms with Crippen LogP contribution in [0.25, 0.3) is 0 Å². The maximum absolute atomic E-state index is 12.7. The van der Waals surface area contributed by atoms with Crippen molar-refractivity contribution < 1.29 is 14.6 Å². The third kappa shape index (κ3) is 3.17. The van der Waals surface area contributed by atoms with Crippen molar-refractivity contribution in [1.82, 2.24) is 5.32 Å². The molecule has 0 saturated heterocycles. The van der Waals surface area contributed by atoms with Crippen LogP contribution in [0.15, 0.2) is 18.2 Å². The Morgan fingerprint density at radius 1 is 1.00 bits per heavy atom. The molecular weight excluding hydrogens is 350 g/mol. The van der Waals surface area contributed by atoms with E-state index in [-0.39, 0.29) is 17.0 Å². The first kappa shape index (κ1) is 17.9. The molecule has 4 aliphatic carbocycles. The van der Waals surface area contributed by atoms with Crippen LogP contribution >= 0.6 is 0 Å². The van der Waals surface area contributed by atoms with E-state index in [0.717, 1.165) is 55.2 Å². The summed E-state index contributed by atoms with van der Waals surface area (Å²) < 4.78 is 0. The summed E-state index contributed by atoms with van der Waals surface area (Å²) in [6.07, 6.45) is 7.27. The maximum atomic E-state index is 12.7. The highest BCUT2D eigenvalue weighted by atomic mass is 16.6. The van der Waals surface area contributed by atoms with Gasteiger partial charge >= 0.3 is 0 Å². The first-order chi connectivity index (χ1) is 12.8. The van der Waals surface area contributed by atoms with Crippen LogP contribution in [-0.4, -0.2) is 21.8 Å². The molecule has 0 radical (unpaired) electrons. The number of nitrogens with zero attached hydrogens (tertiary/aromatic N) is 2. The molecule has 4 saturated carbocycles. The number of nitrogens with one attached hydrogen (secondary N) is 1. The van der Waals surface area contributed by atoms with E-state index in [1.54, 1.807) is 0 Å². The van der Waals surface area contributed by atoms with Gasteiger partial charge in [-0.25, -0.2) is 0 Å². The van der Waals surface area contributed by atoms with Crippen LogP contribution in [0.1, 0.15) is 55.8 Å². The summed E-state index contributed by atoms with van der Waals surface area (Å²) in [7, 11) is 0. The molecule has 144 valence electrons. The van der Waals surface area contributed by atoms with E-state index in [2.05, 4.69) is 5.32 Å². The quantitative estimate of drug-likeness (QED) is 0.622. The number of carbonyl (C=O) groups excluding carboxylic acids is 1. The minimum atomic E-state index is -0.716. The van der Waals surface area contributed by atoms with Gasteiger partial charge in [0.05, 0.1) is 21.5 Å². The van der Waals surface area contributed by atoms with E-state index >= 15 is 0 Å². The molecular formula is C19H23N3O5. The smallest absolute Gasteiger partial charge is 0.277 e. The maximum Gasteiger partial charge on any atom is 0.277 e. The number of benzene rings is 1. The fourth-order valence-corrected chi connectivity index (χ4v) is 6.08. The molecule has 0 aromatic heterocycles. The second-order valence-electron chi connectivity index (χ2n) is 8.73. The van der Waals surface area contributed by atoms with Crippen molar-refractivity contribution in [3.63, 3.8) is 0 Å². The van der Waals surface area contributed by atoms with Crippen molar-refractivity contribution in [2.45, 2.75) is 51.5 Å². The summed E-state index contributed by atoms with van der Waals surface area (Å²) >= 11 is 0. The Morgan fingerprint density at radius 2 is 1.44 bits per heavy atom. The zero-order valence-electron chi connectivity index (χ0n) is 15.2. The second kappa shape index (κ2) is 6.28. The van der Waals surface area contributed by atoms with Gasteiger partial charge in [-0.15, -0.1) is 0 Å². The average molecular weight is 373 g/mol.